The highest BCUT2D eigenvalue weighted by Gasteiger charge is 2.40. The molecule has 2 atom stereocenters. The first-order valence-corrected chi connectivity index (χ1v) is 9.75. The topological polar surface area (TPSA) is 100 Å². The number of rotatable bonds is 3. The second-order valence-electron chi connectivity index (χ2n) is 7.42. The summed E-state index contributed by atoms with van der Waals surface area (Å²) in [6.45, 7) is 0. The number of nitrogens with one attached hydrogen (secondary N) is 2. The van der Waals surface area contributed by atoms with Crippen molar-refractivity contribution < 1.29 is 19.3 Å². The summed E-state index contributed by atoms with van der Waals surface area (Å²) in [5.74, 6) is 0.845. The highest BCUT2D eigenvalue weighted by atomic mass is 16.5. The van der Waals surface area contributed by atoms with E-state index in [2.05, 4.69) is 20.3 Å². The Hall–Kier alpha value is -3.62. The third-order valence-corrected chi connectivity index (χ3v) is 5.44. The minimum atomic E-state index is -1.65. The summed E-state index contributed by atoms with van der Waals surface area (Å²) in [4.78, 5) is 12.4. The minimum absolute atomic E-state index is 0.253. The molecule has 5 heterocycles. The molecule has 0 aliphatic carbocycles. The van der Waals surface area contributed by atoms with E-state index in [1.165, 1.54) is 7.11 Å². The van der Waals surface area contributed by atoms with E-state index in [0.29, 0.717) is 17.2 Å². The largest absolute Gasteiger partial charge is 0.496 e. The SMILES string of the molecule is COC1=CC2=CC3=NC(O)(C=C3)C(OC)=C3C=CC(=N3)C=c3ccc([nH]3)=CC1(OC)N2. The van der Waals surface area contributed by atoms with Crippen LogP contribution >= 0.6 is 0 Å². The van der Waals surface area contributed by atoms with E-state index < -0.39 is 11.4 Å². The van der Waals surface area contributed by atoms with Gasteiger partial charge in [0.2, 0.25) is 11.4 Å². The van der Waals surface area contributed by atoms with Gasteiger partial charge in [0, 0.05) is 29.6 Å². The first kappa shape index (κ1) is 19.3. The molecule has 0 fully saturated rings. The number of hydrogen-bond acceptors (Lipinski definition) is 7. The predicted octanol–water partition coefficient (Wildman–Crippen LogP) is 0.518. The molecule has 1 aromatic heterocycles. The highest BCUT2D eigenvalue weighted by Crippen LogP contribution is 2.33. The molecule has 0 saturated heterocycles. The molecule has 0 spiro atoms. The molecule has 1 aromatic rings. The van der Waals surface area contributed by atoms with Gasteiger partial charge in [0.25, 0.3) is 0 Å². The molecule has 8 bridgehead atoms. The fraction of sp³-hybridized carbons (Fsp3) is 0.217. The summed E-state index contributed by atoms with van der Waals surface area (Å²) in [5.41, 5.74) is -0.115. The van der Waals surface area contributed by atoms with E-state index in [-0.39, 0.29) is 5.76 Å². The van der Waals surface area contributed by atoms with E-state index in [1.807, 2.05) is 36.4 Å². The van der Waals surface area contributed by atoms with Crippen LogP contribution in [0, 0.1) is 0 Å². The number of hydrogen-bond donors (Lipinski definition) is 3. The lowest BCUT2D eigenvalue weighted by molar-refractivity contribution is 0.0210. The normalized spacial score (nSPS) is 28.3. The summed E-state index contributed by atoms with van der Waals surface area (Å²) in [6, 6.07) is 3.91. The summed E-state index contributed by atoms with van der Waals surface area (Å²) < 4.78 is 16.9. The van der Waals surface area contributed by atoms with Crippen LogP contribution in [0.1, 0.15) is 0 Å². The fourth-order valence-corrected chi connectivity index (χ4v) is 4.01. The molecule has 0 saturated carbocycles. The van der Waals surface area contributed by atoms with E-state index in [4.69, 9.17) is 14.2 Å². The molecule has 158 valence electrons. The van der Waals surface area contributed by atoms with Crippen LogP contribution in [0.5, 0.6) is 0 Å². The van der Waals surface area contributed by atoms with Crippen molar-refractivity contribution in [3.63, 3.8) is 0 Å². The Morgan fingerprint density at radius 1 is 0.935 bits per heavy atom. The number of methoxy groups -OCH3 is 3. The Morgan fingerprint density at radius 2 is 1.77 bits per heavy atom. The zero-order valence-electron chi connectivity index (χ0n) is 17.3. The molecule has 2 unspecified atom stereocenters. The number of H-pyrrole nitrogens is 1. The van der Waals surface area contributed by atoms with Crippen LogP contribution in [0.4, 0.5) is 0 Å². The summed E-state index contributed by atoms with van der Waals surface area (Å²) in [7, 11) is 4.70. The maximum absolute atomic E-state index is 11.2. The number of fused-ring (bicyclic) bond motifs is 6. The second-order valence-corrected chi connectivity index (χ2v) is 7.42. The number of allylic oxidation sites excluding steroid dienone is 5. The Labute approximate surface area is 178 Å². The maximum atomic E-state index is 11.2. The molecule has 0 radical (unpaired) electrons. The van der Waals surface area contributed by atoms with Crippen LogP contribution in [-0.2, 0) is 14.2 Å². The van der Waals surface area contributed by atoms with Gasteiger partial charge in [-0.2, -0.15) is 0 Å². The summed E-state index contributed by atoms with van der Waals surface area (Å²) >= 11 is 0. The quantitative estimate of drug-likeness (QED) is 0.665. The number of ether oxygens (including phenoxy) is 3. The highest BCUT2D eigenvalue weighted by molar-refractivity contribution is 6.19. The van der Waals surface area contributed by atoms with Gasteiger partial charge in [0.1, 0.15) is 5.70 Å². The first-order chi connectivity index (χ1) is 15.0. The lowest BCUT2D eigenvalue weighted by Gasteiger charge is -2.27. The van der Waals surface area contributed by atoms with Crippen LogP contribution in [0.25, 0.3) is 12.2 Å². The van der Waals surface area contributed by atoms with E-state index >= 15 is 0 Å². The molecule has 31 heavy (non-hydrogen) atoms. The molecule has 8 heteroatoms. The molecule has 3 N–H and O–H groups in total. The van der Waals surface area contributed by atoms with Crippen molar-refractivity contribution in [2.75, 3.05) is 21.3 Å². The Bertz CT molecular complexity index is 1290. The van der Waals surface area contributed by atoms with Crippen LogP contribution in [0.3, 0.4) is 0 Å². The summed E-state index contributed by atoms with van der Waals surface area (Å²) in [6.07, 6.45) is 14.4. The van der Waals surface area contributed by atoms with Gasteiger partial charge in [0.15, 0.2) is 11.5 Å². The number of aromatic amines is 1. The molecule has 5 rings (SSSR count). The van der Waals surface area contributed by atoms with Crippen LogP contribution in [-0.4, -0.2) is 54.3 Å². The summed E-state index contributed by atoms with van der Waals surface area (Å²) in [5, 5.41) is 16.2. The number of nitrogens with zero attached hydrogens (tertiary/aromatic N) is 2. The van der Waals surface area contributed by atoms with E-state index in [0.717, 1.165) is 22.1 Å². The molecular weight excluding hydrogens is 396 g/mol. The number of aliphatic imine (C=N–C) groups is 2. The lowest BCUT2D eigenvalue weighted by Crippen LogP contribution is -2.44. The average molecular weight is 418 g/mol. The van der Waals surface area contributed by atoms with Gasteiger partial charge in [-0.15, -0.1) is 0 Å². The monoisotopic (exact) mass is 418 g/mol. The van der Waals surface area contributed by atoms with Gasteiger partial charge in [-0.3, -0.25) is 0 Å². The van der Waals surface area contributed by atoms with Gasteiger partial charge < -0.3 is 29.6 Å². The first-order valence-electron chi connectivity index (χ1n) is 9.75. The van der Waals surface area contributed by atoms with Gasteiger partial charge in [-0.1, -0.05) is 0 Å². The molecule has 4 aliphatic heterocycles. The number of aliphatic hydroxyl groups is 1. The predicted molar refractivity (Wildman–Crippen MR) is 117 cm³/mol. The molecule has 8 nitrogen and oxygen atoms in total. The molecule has 4 aliphatic rings. The fourth-order valence-electron chi connectivity index (χ4n) is 4.01. The van der Waals surface area contributed by atoms with Gasteiger partial charge in [0.05, 0.1) is 25.6 Å². The van der Waals surface area contributed by atoms with Gasteiger partial charge in [-0.05, 0) is 54.7 Å². The van der Waals surface area contributed by atoms with Crippen LogP contribution in [0.15, 0.2) is 81.5 Å². The Kier molecular flexibility index (Phi) is 4.35. The van der Waals surface area contributed by atoms with E-state index in [9.17, 15) is 5.11 Å². The van der Waals surface area contributed by atoms with Crippen molar-refractivity contribution in [3.05, 3.63) is 82.2 Å². The zero-order valence-corrected chi connectivity index (χ0v) is 17.3. The van der Waals surface area contributed by atoms with Gasteiger partial charge >= 0.3 is 0 Å². The van der Waals surface area contributed by atoms with Crippen molar-refractivity contribution in [3.8, 4) is 0 Å². The van der Waals surface area contributed by atoms with Crippen molar-refractivity contribution in [2.24, 2.45) is 9.98 Å². The average Bonchev–Trinajstić information content (AvgIpc) is 3.52. The van der Waals surface area contributed by atoms with Crippen molar-refractivity contribution in [1.29, 1.82) is 0 Å². The van der Waals surface area contributed by atoms with Crippen LogP contribution < -0.4 is 16.0 Å². The maximum Gasteiger partial charge on any atom is 0.237 e. The van der Waals surface area contributed by atoms with Crippen molar-refractivity contribution >= 4 is 23.6 Å². The lowest BCUT2D eigenvalue weighted by atomic mass is 10.1. The standard InChI is InChI=1S/C23H22N4O4/c1-29-20-12-18-11-16-8-9-22(28,26-16)21(30-2)19-7-6-15(25-19)10-14-4-5-17(24-14)13-23(20,27-18)31-3/h4-13,24,27-28H,1-3H3. The van der Waals surface area contributed by atoms with Gasteiger partial charge in [-0.25, -0.2) is 9.98 Å². The second kappa shape index (κ2) is 6.97. The van der Waals surface area contributed by atoms with Crippen LogP contribution in [0.2, 0.25) is 0 Å². The third kappa shape index (κ3) is 3.17. The molecular formula is C23H22N4O4. The number of aromatic nitrogens is 1. The molecule has 0 aromatic carbocycles. The van der Waals surface area contributed by atoms with E-state index in [1.54, 1.807) is 38.5 Å². The Morgan fingerprint density at radius 3 is 2.55 bits per heavy atom. The zero-order chi connectivity index (χ0) is 21.6. The smallest absolute Gasteiger partial charge is 0.237 e. The van der Waals surface area contributed by atoms with Crippen molar-refractivity contribution in [2.45, 2.75) is 11.4 Å². The third-order valence-electron chi connectivity index (χ3n) is 5.44. The Balaban J connectivity index is 1.76. The molecule has 0 amide bonds. The van der Waals surface area contributed by atoms with Crippen molar-refractivity contribution in [1.82, 2.24) is 10.3 Å². The minimum Gasteiger partial charge on any atom is -0.496 e.